The van der Waals surface area contributed by atoms with E-state index in [1.54, 1.807) is 11.8 Å². The van der Waals surface area contributed by atoms with E-state index in [1.807, 2.05) is 12.4 Å². The number of hydrogen-bond acceptors (Lipinski definition) is 2. The first-order valence-corrected chi connectivity index (χ1v) is 7.09. The smallest absolute Gasteiger partial charge is 0.0273 e. The Morgan fingerprint density at radius 2 is 1.56 bits per heavy atom. The van der Waals surface area contributed by atoms with Crippen molar-refractivity contribution in [1.29, 1.82) is 0 Å². The van der Waals surface area contributed by atoms with Gasteiger partial charge >= 0.3 is 0 Å². The summed E-state index contributed by atoms with van der Waals surface area (Å²) in [5.41, 5.74) is 5.13. The van der Waals surface area contributed by atoms with Crippen LogP contribution in [0.3, 0.4) is 0 Å². The predicted molar refractivity (Wildman–Crippen MR) is 78.1 cm³/mol. The number of nitrogens with zero attached hydrogens (tertiary/aromatic N) is 1. The van der Waals surface area contributed by atoms with Crippen LogP contribution < -0.4 is 0 Å². The zero-order chi connectivity index (χ0) is 12.4. The molecular formula is C16H13NS. The van der Waals surface area contributed by atoms with Crippen molar-refractivity contribution in [2.24, 2.45) is 0 Å². The lowest BCUT2D eigenvalue weighted by molar-refractivity contribution is 1.33. The quantitative estimate of drug-likeness (QED) is 0.618. The van der Waals surface area contributed by atoms with E-state index >= 15 is 0 Å². The van der Waals surface area contributed by atoms with Crippen LogP contribution >= 0.6 is 11.8 Å². The molecular weight excluding hydrogens is 238 g/mol. The van der Waals surface area contributed by atoms with Crippen molar-refractivity contribution in [2.45, 2.75) is 4.90 Å². The second kappa shape index (κ2) is 4.83. The molecule has 0 spiro atoms. The van der Waals surface area contributed by atoms with E-state index in [0.717, 1.165) is 0 Å². The molecule has 2 aliphatic rings. The van der Waals surface area contributed by atoms with Crippen LogP contribution in [-0.2, 0) is 0 Å². The van der Waals surface area contributed by atoms with Gasteiger partial charge in [0.1, 0.15) is 0 Å². The van der Waals surface area contributed by atoms with E-state index in [1.165, 1.54) is 27.1 Å². The second-order valence-electron chi connectivity index (χ2n) is 4.10. The molecule has 3 rings (SSSR count). The first-order chi connectivity index (χ1) is 8.90. The fourth-order valence-corrected chi connectivity index (χ4v) is 2.86. The molecule has 0 fully saturated rings. The summed E-state index contributed by atoms with van der Waals surface area (Å²) in [4.78, 5) is 5.41. The molecule has 0 amide bonds. The molecule has 0 saturated heterocycles. The molecule has 2 aliphatic carbocycles. The van der Waals surface area contributed by atoms with Crippen molar-refractivity contribution in [3.05, 3.63) is 60.9 Å². The van der Waals surface area contributed by atoms with Gasteiger partial charge in [0.25, 0.3) is 0 Å². The number of fused-ring (bicyclic) bond motifs is 1. The van der Waals surface area contributed by atoms with Gasteiger partial charge < -0.3 is 0 Å². The lowest BCUT2D eigenvalue weighted by atomic mass is 10.0. The predicted octanol–water partition coefficient (Wildman–Crippen LogP) is 4.58. The molecule has 1 heterocycles. The Morgan fingerprint density at radius 3 is 2.28 bits per heavy atom. The van der Waals surface area contributed by atoms with Crippen LogP contribution in [0.25, 0.3) is 22.3 Å². The molecule has 0 N–H and O–H groups in total. The Bertz CT molecular complexity index is 634. The highest BCUT2D eigenvalue weighted by Gasteiger charge is 2.14. The summed E-state index contributed by atoms with van der Waals surface area (Å²) in [5, 5.41) is 0. The first kappa shape index (κ1) is 11.3. The van der Waals surface area contributed by atoms with Crippen molar-refractivity contribution in [2.75, 3.05) is 6.26 Å². The average molecular weight is 251 g/mol. The van der Waals surface area contributed by atoms with E-state index < -0.39 is 0 Å². The minimum Gasteiger partial charge on any atom is -0.265 e. The molecule has 2 heteroatoms. The number of pyridine rings is 1. The van der Waals surface area contributed by atoms with Crippen LogP contribution in [0.1, 0.15) is 0 Å². The van der Waals surface area contributed by atoms with Gasteiger partial charge in [-0.2, -0.15) is 0 Å². The van der Waals surface area contributed by atoms with E-state index in [2.05, 4.69) is 59.8 Å². The number of rotatable bonds is 2. The minimum atomic E-state index is 1.22. The molecule has 0 bridgehead atoms. The molecule has 88 valence electrons. The highest BCUT2D eigenvalue weighted by atomic mass is 32.2. The third kappa shape index (κ3) is 1.89. The summed E-state index contributed by atoms with van der Waals surface area (Å²) >= 11 is 1.79. The lowest BCUT2D eigenvalue weighted by Crippen LogP contribution is -1.77. The van der Waals surface area contributed by atoms with Crippen LogP contribution in [0, 0.1) is 0 Å². The third-order valence-corrected chi connectivity index (χ3v) is 3.86. The normalized spacial score (nSPS) is 10.7. The van der Waals surface area contributed by atoms with Crippen molar-refractivity contribution in [3.8, 4) is 22.3 Å². The molecule has 0 radical (unpaired) electrons. The molecule has 1 nitrogen and oxygen atoms in total. The van der Waals surface area contributed by atoms with Gasteiger partial charge in [0.05, 0.1) is 0 Å². The Labute approximate surface area is 111 Å². The van der Waals surface area contributed by atoms with E-state index in [4.69, 9.17) is 0 Å². The lowest BCUT2D eigenvalue weighted by Gasteiger charge is -2.01. The highest BCUT2D eigenvalue weighted by Crippen LogP contribution is 2.41. The summed E-state index contributed by atoms with van der Waals surface area (Å²) in [6.45, 7) is 0. The van der Waals surface area contributed by atoms with Gasteiger partial charge in [0.15, 0.2) is 0 Å². The van der Waals surface area contributed by atoms with E-state index in [9.17, 15) is 0 Å². The van der Waals surface area contributed by atoms with Crippen LogP contribution in [-0.4, -0.2) is 11.2 Å². The van der Waals surface area contributed by atoms with Crippen LogP contribution in [0.15, 0.2) is 65.8 Å². The van der Waals surface area contributed by atoms with Gasteiger partial charge in [-0.05, 0) is 46.7 Å². The van der Waals surface area contributed by atoms with Gasteiger partial charge in [0.2, 0.25) is 0 Å². The molecule has 0 unspecified atom stereocenters. The van der Waals surface area contributed by atoms with Gasteiger partial charge in [-0.15, -0.1) is 11.8 Å². The topological polar surface area (TPSA) is 12.9 Å². The Kier molecular flexibility index (Phi) is 3.03. The molecule has 1 aromatic rings. The van der Waals surface area contributed by atoms with Crippen molar-refractivity contribution < 1.29 is 0 Å². The summed E-state index contributed by atoms with van der Waals surface area (Å²) in [6, 6.07) is 17.0. The van der Waals surface area contributed by atoms with Gasteiger partial charge in [-0.1, -0.05) is 30.3 Å². The minimum absolute atomic E-state index is 1.22. The fraction of sp³-hybridized carbons (Fsp3) is 0.0625. The zero-order valence-electron chi connectivity index (χ0n) is 10.1. The maximum Gasteiger partial charge on any atom is 0.0273 e. The van der Waals surface area contributed by atoms with E-state index in [0.29, 0.717) is 0 Å². The van der Waals surface area contributed by atoms with Gasteiger partial charge in [-0.3, -0.25) is 4.98 Å². The Hall–Kier alpha value is -1.80. The monoisotopic (exact) mass is 251 g/mol. The average Bonchev–Trinajstić information content (AvgIpc) is 2.61. The summed E-state index contributed by atoms with van der Waals surface area (Å²) in [7, 11) is 0. The molecule has 1 aromatic heterocycles. The summed E-state index contributed by atoms with van der Waals surface area (Å²) < 4.78 is 0. The fourth-order valence-electron chi connectivity index (χ4n) is 2.22. The zero-order valence-corrected chi connectivity index (χ0v) is 10.9. The highest BCUT2D eigenvalue weighted by molar-refractivity contribution is 7.98. The SMILES string of the molecule is CSc1cc(-c2ccncc2)c2cccccc1-2. The summed E-state index contributed by atoms with van der Waals surface area (Å²) in [6.07, 6.45) is 5.81. The number of hydrogen-bond donors (Lipinski definition) is 0. The van der Waals surface area contributed by atoms with Crippen molar-refractivity contribution >= 4 is 11.8 Å². The van der Waals surface area contributed by atoms with Crippen molar-refractivity contribution in [1.82, 2.24) is 4.98 Å². The summed E-state index contributed by atoms with van der Waals surface area (Å²) in [5.74, 6) is 0. The molecule has 0 atom stereocenters. The first-order valence-electron chi connectivity index (χ1n) is 5.86. The standard InChI is InChI=1S/C16H13NS/c1-18-16-11-15(12-7-9-17-10-8-12)13-5-3-2-4-6-14(13)16/h2-11H,1H3. The largest absolute Gasteiger partial charge is 0.265 e. The van der Waals surface area contributed by atoms with Crippen LogP contribution in [0.4, 0.5) is 0 Å². The van der Waals surface area contributed by atoms with E-state index in [-0.39, 0.29) is 0 Å². The molecule has 18 heavy (non-hydrogen) atoms. The van der Waals surface area contributed by atoms with Crippen molar-refractivity contribution in [3.63, 3.8) is 0 Å². The number of thioether (sulfide) groups is 1. The maximum absolute atomic E-state index is 4.09. The number of aromatic nitrogens is 1. The Morgan fingerprint density at radius 1 is 0.833 bits per heavy atom. The Balaban J connectivity index is 2.27. The maximum atomic E-state index is 4.09. The van der Waals surface area contributed by atoms with Gasteiger partial charge in [-0.25, -0.2) is 0 Å². The second-order valence-corrected chi connectivity index (χ2v) is 4.95. The molecule has 0 aromatic carbocycles. The van der Waals surface area contributed by atoms with Crippen LogP contribution in [0.5, 0.6) is 0 Å². The third-order valence-electron chi connectivity index (χ3n) is 3.08. The van der Waals surface area contributed by atoms with Crippen LogP contribution in [0.2, 0.25) is 0 Å². The molecule has 0 saturated carbocycles. The van der Waals surface area contributed by atoms with Gasteiger partial charge in [0, 0.05) is 17.3 Å². The molecule has 0 aliphatic heterocycles.